The summed E-state index contributed by atoms with van der Waals surface area (Å²) in [6, 6.07) is 15.8. The zero-order valence-corrected chi connectivity index (χ0v) is 15.2. The highest BCUT2D eigenvalue weighted by Gasteiger charge is 2.20. The van der Waals surface area contributed by atoms with Gasteiger partial charge in [-0.15, -0.1) is 0 Å². The number of hydrogen-bond acceptors (Lipinski definition) is 3. The summed E-state index contributed by atoms with van der Waals surface area (Å²) in [6.07, 6.45) is 1.13. The van der Waals surface area contributed by atoms with E-state index in [1.54, 1.807) is 17.8 Å². The predicted molar refractivity (Wildman–Crippen MR) is 102 cm³/mol. The number of carbonyl (C=O) groups is 1. The maximum atomic E-state index is 12.7. The molecule has 0 aliphatic heterocycles. The van der Waals surface area contributed by atoms with Gasteiger partial charge in [-0.1, -0.05) is 42.0 Å². The summed E-state index contributed by atoms with van der Waals surface area (Å²) in [5.74, 6) is -0.247. The molecule has 0 saturated heterocycles. The van der Waals surface area contributed by atoms with Crippen LogP contribution in [0.1, 0.15) is 28.4 Å². The van der Waals surface area contributed by atoms with Crippen LogP contribution in [0.5, 0.6) is 0 Å². The first-order chi connectivity index (χ1) is 12.5. The number of para-hydroxylation sites is 1. The van der Waals surface area contributed by atoms with E-state index in [0.29, 0.717) is 11.3 Å². The van der Waals surface area contributed by atoms with Crippen LogP contribution in [0.3, 0.4) is 0 Å². The first-order valence-electron chi connectivity index (χ1n) is 8.64. The van der Waals surface area contributed by atoms with Gasteiger partial charge >= 0.3 is 0 Å². The van der Waals surface area contributed by atoms with Crippen molar-refractivity contribution in [3.8, 4) is 16.9 Å². The van der Waals surface area contributed by atoms with E-state index in [2.05, 4.69) is 16.5 Å². The van der Waals surface area contributed by atoms with Gasteiger partial charge in [0.1, 0.15) is 5.69 Å². The molecule has 5 heteroatoms. The molecule has 1 heterocycles. The van der Waals surface area contributed by atoms with E-state index in [-0.39, 0.29) is 12.5 Å². The molecule has 0 aliphatic rings. The topological polar surface area (TPSA) is 67.2 Å². The van der Waals surface area contributed by atoms with Crippen LogP contribution in [-0.2, 0) is 0 Å². The highest BCUT2D eigenvalue weighted by Crippen LogP contribution is 2.27. The fourth-order valence-corrected chi connectivity index (χ4v) is 2.87. The molecule has 3 aromatic rings. The van der Waals surface area contributed by atoms with Gasteiger partial charge in [0.15, 0.2) is 0 Å². The van der Waals surface area contributed by atoms with Crippen molar-refractivity contribution < 1.29 is 9.90 Å². The molecule has 1 aromatic heterocycles. The van der Waals surface area contributed by atoms with E-state index in [4.69, 9.17) is 0 Å². The van der Waals surface area contributed by atoms with E-state index in [1.807, 2.05) is 56.3 Å². The molecule has 1 amide bonds. The van der Waals surface area contributed by atoms with Crippen molar-refractivity contribution in [2.45, 2.75) is 26.9 Å². The molecule has 1 atom stereocenters. The maximum absolute atomic E-state index is 12.7. The Balaban J connectivity index is 2.08. The Morgan fingerprint density at radius 3 is 2.58 bits per heavy atom. The highest BCUT2D eigenvalue weighted by molar-refractivity contribution is 6.00. The third-order valence-electron chi connectivity index (χ3n) is 4.17. The van der Waals surface area contributed by atoms with E-state index in [0.717, 1.165) is 22.4 Å². The zero-order chi connectivity index (χ0) is 18.7. The van der Waals surface area contributed by atoms with Crippen molar-refractivity contribution in [3.05, 3.63) is 71.4 Å². The van der Waals surface area contributed by atoms with Crippen LogP contribution in [0, 0.1) is 13.8 Å². The standard InChI is InChI=1S/C21H23N3O2/c1-14-9-10-18(15(2)11-14)20-19(21(26)22-12-16(3)25)13-24(23-20)17-7-5-4-6-8-17/h4-11,13,16,25H,12H2,1-3H3,(H,22,26). The number of benzene rings is 2. The second kappa shape index (κ2) is 7.54. The number of aliphatic hydroxyl groups excluding tert-OH is 1. The molecule has 0 fully saturated rings. The maximum Gasteiger partial charge on any atom is 0.255 e. The van der Waals surface area contributed by atoms with Gasteiger partial charge in [0.25, 0.3) is 5.91 Å². The number of nitrogens with one attached hydrogen (secondary N) is 1. The molecular formula is C21H23N3O2. The van der Waals surface area contributed by atoms with Gasteiger partial charge in [-0.2, -0.15) is 5.10 Å². The Morgan fingerprint density at radius 2 is 1.92 bits per heavy atom. The fourth-order valence-electron chi connectivity index (χ4n) is 2.87. The predicted octanol–water partition coefficient (Wildman–Crippen LogP) is 3.27. The molecule has 5 nitrogen and oxygen atoms in total. The average Bonchev–Trinajstić information content (AvgIpc) is 3.05. The highest BCUT2D eigenvalue weighted by atomic mass is 16.3. The molecule has 2 aromatic carbocycles. The Hall–Kier alpha value is -2.92. The molecule has 0 saturated carbocycles. The molecule has 0 bridgehead atoms. The van der Waals surface area contributed by atoms with Gasteiger partial charge < -0.3 is 10.4 Å². The SMILES string of the molecule is Cc1ccc(-c2nn(-c3ccccc3)cc2C(=O)NCC(C)O)c(C)c1. The van der Waals surface area contributed by atoms with Gasteiger partial charge in [-0.3, -0.25) is 4.79 Å². The van der Waals surface area contributed by atoms with Gasteiger partial charge in [-0.05, 0) is 38.5 Å². The van der Waals surface area contributed by atoms with Crippen molar-refractivity contribution in [1.29, 1.82) is 0 Å². The minimum Gasteiger partial charge on any atom is -0.392 e. The van der Waals surface area contributed by atoms with Gasteiger partial charge in [-0.25, -0.2) is 4.68 Å². The van der Waals surface area contributed by atoms with Gasteiger partial charge in [0.2, 0.25) is 0 Å². The molecular weight excluding hydrogens is 326 g/mol. The molecule has 0 aliphatic carbocycles. The van der Waals surface area contributed by atoms with Crippen LogP contribution in [0.25, 0.3) is 16.9 Å². The van der Waals surface area contributed by atoms with Crippen LogP contribution >= 0.6 is 0 Å². The van der Waals surface area contributed by atoms with Crippen molar-refractivity contribution in [1.82, 2.24) is 15.1 Å². The first kappa shape index (κ1) is 17.9. The molecule has 134 valence electrons. The molecule has 26 heavy (non-hydrogen) atoms. The number of aromatic nitrogens is 2. The number of carbonyl (C=O) groups excluding carboxylic acids is 1. The average molecular weight is 349 g/mol. The number of amides is 1. The molecule has 2 N–H and O–H groups in total. The van der Waals surface area contributed by atoms with Gasteiger partial charge in [0, 0.05) is 18.3 Å². The zero-order valence-electron chi connectivity index (χ0n) is 15.2. The lowest BCUT2D eigenvalue weighted by atomic mass is 10.0. The Labute approximate surface area is 153 Å². The molecule has 0 spiro atoms. The molecule has 1 unspecified atom stereocenters. The number of hydrogen-bond donors (Lipinski definition) is 2. The minimum absolute atomic E-state index is 0.196. The van der Waals surface area contributed by atoms with E-state index in [1.165, 1.54) is 0 Å². The third kappa shape index (κ3) is 3.83. The number of nitrogens with zero attached hydrogens (tertiary/aromatic N) is 2. The van der Waals surface area contributed by atoms with Crippen molar-refractivity contribution in [3.63, 3.8) is 0 Å². The molecule has 0 radical (unpaired) electrons. The lowest BCUT2D eigenvalue weighted by Crippen LogP contribution is -2.30. The van der Waals surface area contributed by atoms with E-state index in [9.17, 15) is 9.90 Å². The summed E-state index contributed by atoms with van der Waals surface area (Å²) in [4.78, 5) is 12.7. The second-order valence-electron chi connectivity index (χ2n) is 6.55. The summed E-state index contributed by atoms with van der Waals surface area (Å²) in [5.41, 5.74) is 5.15. The monoisotopic (exact) mass is 349 g/mol. The van der Waals surface area contributed by atoms with E-state index < -0.39 is 6.10 Å². The minimum atomic E-state index is -0.604. The summed E-state index contributed by atoms with van der Waals surface area (Å²) in [5, 5.41) is 16.9. The number of aliphatic hydroxyl groups is 1. The normalized spacial score (nSPS) is 12.0. The Bertz CT molecular complexity index is 914. The second-order valence-corrected chi connectivity index (χ2v) is 6.55. The third-order valence-corrected chi connectivity index (χ3v) is 4.17. The lowest BCUT2D eigenvalue weighted by molar-refractivity contribution is 0.0924. The van der Waals surface area contributed by atoms with Crippen LogP contribution in [0.2, 0.25) is 0 Å². The summed E-state index contributed by atoms with van der Waals surface area (Å²) in [7, 11) is 0. The van der Waals surface area contributed by atoms with Crippen molar-refractivity contribution in [2.24, 2.45) is 0 Å². The van der Waals surface area contributed by atoms with Gasteiger partial charge in [0.05, 0.1) is 17.4 Å². The van der Waals surface area contributed by atoms with Crippen molar-refractivity contribution >= 4 is 5.91 Å². The summed E-state index contributed by atoms with van der Waals surface area (Å²) < 4.78 is 1.71. The largest absolute Gasteiger partial charge is 0.392 e. The number of aryl methyl sites for hydroxylation is 2. The number of rotatable bonds is 5. The van der Waals surface area contributed by atoms with Crippen LogP contribution < -0.4 is 5.32 Å². The smallest absolute Gasteiger partial charge is 0.255 e. The quantitative estimate of drug-likeness (QED) is 0.743. The lowest BCUT2D eigenvalue weighted by Gasteiger charge is -2.09. The van der Waals surface area contributed by atoms with Crippen LogP contribution in [0.4, 0.5) is 0 Å². The first-order valence-corrected chi connectivity index (χ1v) is 8.64. The van der Waals surface area contributed by atoms with Crippen LogP contribution in [0.15, 0.2) is 54.7 Å². The molecule has 3 rings (SSSR count). The van der Waals surface area contributed by atoms with Crippen molar-refractivity contribution in [2.75, 3.05) is 6.54 Å². The Kier molecular flexibility index (Phi) is 5.19. The van der Waals surface area contributed by atoms with Crippen LogP contribution in [-0.4, -0.2) is 33.4 Å². The fraction of sp³-hybridized carbons (Fsp3) is 0.238. The summed E-state index contributed by atoms with van der Waals surface area (Å²) >= 11 is 0. The van der Waals surface area contributed by atoms with E-state index >= 15 is 0 Å². The Morgan fingerprint density at radius 1 is 1.19 bits per heavy atom. The summed E-state index contributed by atoms with van der Waals surface area (Å²) in [6.45, 7) is 5.89.